The smallest absolute Gasteiger partial charge is 0.295 e. The van der Waals surface area contributed by atoms with Crippen LogP contribution in [0.1, 0.15) is 39.0 Å². The van der Waals surface area contributed by atoms with Gasteiger partial charge in [0.25, 0.3) is 5.69 Å². The highest BCUT2D eigenvalue weighted by molar-refractivity contribution is 5.61. The molecule has 20 heavy (non-hydrogen) atoms. The zero-order chi connectivity index (χ0) is 14.5. The van der Waals surface area contributed by atoms with E-state index in [0.29, 0.717) is 18.2 Å². The first-order valence-electron chi connectivity index (χ1n) is 7.24. The number of anilines is 1. The van der Waals surface area contributed by atoms with Gasteiger partial charge in [0.2, 0.25) is 0 Å². The zero-order valence-electron chi connectivity index (χ0n) is 11.8. The summed E-state index contributed by atoms with van der Waals surface area (Å²) < 4.78 is 13.0. The Hall–Kier alpha value is -1.65. The summed E-state index contributed by atoms with van der Waals surface area (Å²) in [5.74, 6) is 0.906. The van der Waals surface area contributed by atoms with Gasteiger partial charge in [0.15, 0.2) is 0 Å². The first-order valence-corrected chi connectivity index (χ1v) is 7.24. The number of nitrogens with zero attached hydrogens (tertiary/aromatic N) is 1. The molecule has 0 spiro atoms. The molecule has 2 atom stereocenters. The van der Waals surface area contributed by atoms with E-state index in [1.54, 1.807) is 0 Å². The maximum Gasteiger partial charge on any atom is 0.295 e. The molecule has 0 radical (unpaired) electrons. The third-order valence-electron chi connectivity index (χ3n) is 4.07. The van der Waals surface area contributed by atoms with E-state index in [-0.39, 0.29) is 5.69 Å². The van der Waals surface area contributed by atoms with Crippen molar-refractivity contribution in [3.05, 3.63) is 34.1 Å². The van der Waals surface area contributed by atoms with Crippen molar-refractivity contribution in [3.63, 3.8) is 0 Å². The molecule has 1 aromatic carbocycles. The molecule has 4 nitrogen and oxygen atoms in total. The molecule has 1 aliphatic rings. The molecule has 1 saturated carbocycles. The predicted molar refractivity (Wildman–Crippen MR) is 77.3 cm³/mol. The molecule has 110 valence electrons. The quantitative estimate of drug-likeness (QED) is 0.644. The summed E-state index contributed by atoms with van der Waals surface area (Å²) in [4.78, 5) is 10.3. The van der Waals surface area contributed by atoms with Gasteiger partial charge in [-0.3, -0.25) is 10.1 Å². The highest BCUT2D eigenvalue weighted by Gasteiger charge is 2.19. The maximum absolute atomic E-state index is 13.0. The van der Waals surface area contributed by atoms with E-state index in [1.165, 1.54) is 37.8 Å². The van der Waals surface area contributed by atoms with Gasteiger partial charge in [0.05, 0.1) is 11.0 Å². The number of nitrogens with one attached hydrogen (secondary N) is 1. The average molecular weight is 280 g/mol. The molecule has 2 rings (SSSR count). The highest BCUT2D eigenvalue weighted by Crippen LogP contribution is 2.31. The van der Waals surface area contributed by atoms with E-state index < -0.39 is 10.7 Å². The average Bonchev–Trinajstić information content (AvgIpc) is 2.40. The minimum Gasteiger partial charge on any atom is -0.379 e. The van der Waals surface area contributed by atoms with Gasteiger partial charge >= 0.3 is 0 Å². The third kappa shape index (κ3) is 3.92. The summed E-state index contributed by atoms with van der Waals surface area (Å²) in [6.45, 7) is 2.98. The van der Waals surface area contributed by atoms with Crippen molar-refractivity contribution < 1.29 is 9.31 Å². The molecular weight excluding hydrogens is 259 g/mol. The fraction of sp³-hybridized carbons (Fsp3) is 0.600. The summed E-state index contributed by atoms with van der Waals surface area (Å²) in [7, 11) is 0. The lowest BCUT2D eigenvalue weighted by atomic mass is 9.81. The van der Waals surface area contributed by atoms with Crippen LogP contribution in [0.5, 0.6) is 0 Å². The lowest BCUT2D eigenvalue weighted by Crippen LogP contribution is -2.16. The molecule has 0 bridgehead atoms. The Morgan fingerprint density at radius 2 is 2.25 bits per heavy atom. The van der Waals surface area contributed by atoms with Crippen LogP contribution in [-0.4, -0.2) is 11.5 Å². The SMILES string of the molecule is CC1CCCC(CCNc2ccc(F)cc2[N+](=O)[O-])C1. The molecule has 0 saturated heterocycles. The summed E-state index contributed by atoms with van der Waals surface area (Å²) in [5.41, 5.74) is 0.210. The van der Waals surface area contributed by atoms with Crippen LogP contribution in [0.15, 0.2) is 18.2 Å². The van der Waals surface area contributed by atoms with Crippen LogP contribution < -0.4 is 5.32 Å². The molecule has 0 aliphatic heterocycles. The lowest BCUT2D eigenvalue weighted by Gasteiger charge is -2.26. The van der Waals surface area contributed by atoms with Gasteiger partial charge in [-0.25, -0.2) is 4.39 Å². The number of nitro benzene ring substituents is 1. The molecule has 1 fully saturated rings. The van der Waals surface area contributed by atoms with E-state index in [0.717, 1.165) is 18.4 Å². The second kappa shape index (κ2) is 6.68. The number of rotatable bonds is 5. The third-order valence-corrected chi connectivity index (χ3v) is 4.07. The van der Waals surface area contributed by atoms with Crippen molar-refractivity contribution in [1.29, 1.82) is 0 Å². The summed E-state index contributed by atoms with van der Waals surface area (Å²) in [5, 5.41) is 14.0. The first-order chi connectivity index (χ1) is 9.56. The van der Waals surface area contributed by atoms with Crippen LogP contribution >= 0.6 is 0 Å². The van der Waals surface area contributed by atoms with Crippen molar-refractivity contribution in [2.45, 2.75) is 39.0 Å². The Bertz CT molecular complexity index is 479. The molecule has 0 heterocycles. The van der Waals surface area contributed by atoms with Gasteiger partial charge in [-0.2, -0.15) is 0 Å². The summed E-state index contributed by atoms with van der Waals surface area (Å²) in [6, 6.07) is 3.65. The molecule has 5 heteroatoms. The maximum atomic E-state index is 13.0. The second-order valence-electron chi connectivity index (χ2n) is 5.77. The van der Waals surface area contributed by atoms with Gasteiger partial charge in [-0.05, 0) is 36.8 Å². The van der Waals surface area contributed by atoms with Crippen LogP contribution in [0.3, 0.4) is 0 Å². The van der Waals surface area contributed by atoms with Crippen LogP contribution in [0.4, 0.5) is 15.8 Å². The Balaban J connectivity index is 1.89. The van der Waals surface area contributed by atoms with E-state index >= 15 is 0 Å². The molecule has 1 aromatic rings. The second-order valence-corrected chi connectivity index (χ2v) is 5.77. The number of halogens is 1. The minimum absolute atomic E-state index is 0.193. The topological polar surface area (TPSA) is 55.2 Å². The molecule has 2 unspecified atom stereocenters. The predicted octanol–water partition coefficient (Wildman–Crippen LogP) is 4.36. The van der Waals surface area contributed by atoms with E-state index in [9.17, 15) is 14.5 Å². The fourth-order valence-electron chi connectivity index (χ4n) is 3.04. The monoisotopic (exact) mass is 280 g/mol. The van der Waals surface area contributed by atoms with Gasteiger partial charge < -0.3 is 5.32 Å². The molecular formula is C15H21FN2O2. The zero-order valence-corrected chi connectivity index (χ0v) is 11.8. The Labute approximate surface area is 118 Å². The molecule has 0 aromatic heterocycles. The van der Waals surface area contributed by atoms with Crippen molar-refractivity contribution in [2.24, 2.45) is 11.8 Å². The number of benzene rings is 1. The highest BCUT2D eigenvalue weighted by atomic mass is 19.1. The molecule has 0 amide bonds. The van der Waals surface area contributed by atoms with Gasteiger partial charge in [0, 0.05) is 6.54 Å². The van der Waals surface area contributed by atoms with Crippen LogP contribution in [0.2, 0.25) is 0 Å². The number of hydrogen-bond donors (Lipinski definition) is 1. The van der Waals surface area contributed by atoms with Crippen LogP contribution in [0.25, 0.3) is 0 Å². The lowest BCUT2D eigenvalue weighted by molar-refractivity contribution is -0.384. The van der Waals surface area contributed by atoms with Gasteiger partial charge in [0.1, 0.15) is 11.5 Å². The van der Waals surface area contributed by atoms with E-state index in [2.05, 4.69) is 12.2 Å². The van der Waals surface area contributed by atoms with E-state index in [4.69, 9.17) is 0 Å². The Morgan fingerprint density at radius 1 is 1.45 bits per heavy atom. The standard InChI is InChI=1S/C15H21FN2O2/c1-11-3-2-4-12(9-11)7-8-17-14-6-5-13(16)10-15(14)18(19)20/h5-6,10-12,17H,2-4,7-9H2,1H3. The summed E-state index contributed by atoms with van der Waals surface area (Å²) in [6.07, 6.45) is 6.10. The fourth-order valence-corrected chi connectivity index (χ4v) is 3.04. The Kier molecular flexibility index (Phi) is 4.93. The molecule has 1 N–H and O–H groups in total. The van der Waals surface area contributed by atoms with Gasteiger partial charge in [-0.15, -0.1) is 0 Å². The normalized spacial score (nSPS) is 22.5. The van der Waals surface area contributed by atoms with E-state index in [1.807, 2.05) is 0 Å². The largest absolute Gasteiger partial charge is 0.379 e. The van der Waals surface area contributed by atoms with Gasteiger partial charge in [-0.1, -0.05) is 26.2 Å². The van der Waals surface area contributed by atoms with Crippen LogP contribution in [-0.2, 0) is 0 Å². The Morgan fingerprint density at radius 3 is 2.95 bits per heavy atom. The minimum atomic E-state index is -0.580. The van der Waals surface area contributed by atoms with Crippen molar-refractivity contribution in [3.8, 4) is 0 Å². The number of nitro groups is 1. The van der Waals surface area contributed by atoms with Crippen molar-refractivity contribution in [1.82, 2.24) is 0 Å². The molecule has 1 aliphatic carbocycles. The van der Waals surface area contributed by atoms with Crippen molar-refractivity contribution >= 4 is 11.4 Å². The van der Waals surface area contributed by atoms with Crippen molar-refractivity contribution in [2.75, 3.05) is 11.9 Å². The summed E-state index contributed by atoms with van der Waals surface area (Å²) >= 11 is 0. The van der Waals surface area contributed by atoms with Crippen LogP contribution in [0, 0.1) is 27.8 Å². The number of hydrogen-bond acceptors (Lipinski definition) is 3. The first kappa shape index (κ1) is 14.8.